The maximum Gasteiger partial charge on any atom is 0.251 e. The molecule has 0 aliphatic rings. The molecule has 3 N–H and O–H groups in total. The topological polar surface area (TPSA) is 116 Å². The molecule has 0 unspecified atom stereocenters. The van der Waals surface area contributed by atoms with Crippen LogP contribution in [0.25, 0.3) is 11.5 Å². The Hall–Kier alpha value is -2.78. The number of aryl methyl sites for hydroxylation is 1. The molecule has 0 fully saturated rings. The molecule has 8 nitrogen and oxygen atoms in total. The van der Waals surface area contributed by atoms with Gasteiger partial charge in [0.15, 0.2) is 0 Å². The van der Waals surface area contributed by atoms with Gasteiger partial charge in [0.2, 0.25) is 11.8 Å². The van der Waals surface area contributed by atoms with Gasteiger partial charge in [-0.15, -0.1) is 21.5 Å². The Bertz CT molecular complexity index is 892. The fourth-order valence-corrected chi connectivity index (χ4v) is 3.17. The molecule has 1 aromatic carbocycles. The molecule has 1 amide bonds. The monoisotopic (exact) mass is 373 g/mol. The van der Waals surface area contributed by atoms with Crippen LogP contribution in [-0.4, -0.2) is 28.2 Å². The average Bonchev–Trinajstić information content (AvgIpc) is 3.27. The zero-order valence-electron chi connectivity index (χ0n) is 14.4. The number of carbonyl (C=O) groups excluding carboxylic acids is 1. The molecule has 0 radical (unpaired) electrons. The van der Waals surface area contributed by atoms with E-state index >= 15 is 0 Å². The van der Waals surface area contributed by atoms with Crippen molar-refractivity contribution in [1.82, 2.24) is 20.5 Å². The Balaban J connectivity index is 1.80. The minimum atomic E-state index is -0.493. The number of thiazole rings is 1. The first kappa shape index (κ1) is 18.0. The first-order chi connectivity index (χ1) is 12.6. The van der Waals surface area contributed by atoms with E-state index < -0.39 is 11.9 Å². The van der Waals surface area contributed by atoms with Gasteiger partial charge in [-0.3, -0.25) is 10.1 Å². The summed E-state index contributed by atoms with van der Waals surface area (Å²) in [6, 6.07) is 6.85. The summed E-state index contributed by atoms with van der Waals surface area (Å²) < 4.78 is 11.1. The van der Waals surface area contributed by atoms with Crippen LogP contribution in [0.2, 0.25) is 0 Å². The quantitative estimate of drug-likeness (QED) is 0.622. The van der Waals surface area contributed by atoms with Crippen LogP contribution in [-0.2, 0) is 11.3 Å². The van der Waals surface area contributed by atoms with Crippen molar-refractivity contribution in [1.29, 1.82) is 0 Å². The van der Waals surface area contributed by atoms with E-state index in [0.717, 1.165) is 10.7 Å². The number of methoxy groups -OCH3 is 1. The van der Waals surface area contributed by atoms with Crippen LogP contribution in [0.4, 0.5) is 0 Å². The lowest BCUT2D eigenvalue weighted by Crippen LogP contribution is -2.26. The predicted octanol–water partition coefficient (Wildman–Crippen LogP) is 2.22. The van der Waals surface area contributed by atoms with E-state index in [-0.39, 0.29) is 12.3 Å². The van der Waals surface area contributed by atoms with Crippen molar-refractivity contribution in [2.75, 3.05) is 7.11 Å². The number of nitrogens with two attached hydrogens (primary N) is 1. The third-order valence-corrected chi connectivity index (χ3v) is 4.61. The molecule has 2 aromatic heterocycles. The van der Waals surface area contributed by atoms with Crippen molar-refractivity contribution in [2.45, 2.75) is 25.9 Å². The summed E-state index contributed by atoms with van der Waals surface area (Å²) in [5.74, 6) is 0.770. The van der Waals surface area contributed by atoms with Crippen molar-refractivity contribution in [3.8, 4) is 17.2 Å². The fraction of sp³-hybridized carbons (Fsp3) is 0.294. The third kappa shape index (κ3) is 4.24. The maximum atomic E-state index is 11.4. The number of ether oxygens (including phenoxy) is 1. The maximum absolute atomic E-state index is 11.4. The molecule has 3 rings (SSSR count). The SMILES string of the molecule is COc1ccccc1-c1nnc([C@H](CC(N)=O)NCc2nc(C)cs2)o1. The normalized spacial score (nSPS) is 12.1. The molecule has 2 heterocycles. The van der Waals surface area contributed by atoms with Crippen LogP contribution in [0.1, 0.15) is 29.1 Å². The lowest BCUT2D eigenvalue weighted by Gasteiger charge is -2.12. The zero-order chi connectivity index (χ0) is 18.5. The number of amides is 1. The van der Waals surface area contributed by atoms with Gasteiger partial charge in [0.05, 0.1) is 25.1 Å². The summed E-state index contributed by atoms with van der Waals surface area (Å²) in [5.41, 5.74) is 7.00. The second kappa shape index (κ2) is 8.07. The number of carbonyl (C=O) groups is 1. The van der Waals surface area contributed by atoms with Crippen LogP contribution in [0.15, 0.2) is 34.1 Å². The minimum absolute atomic E-state index is 0.0396. The fourth-order valence-electron chi connectivity index (χ4n) is 2.45. The van der Waals surface area contributed by atoms with Crippen molar-refractivity contribution in [3.63, 3.8) is 0 Å². The second-order valence-corrected chi connectivity index (χ2v) is 6.57. The Morgan fingerprint density at radius 1 is 1.38 bits per heavy atom. The smallest absolute Gasteiger partial charge is 0.251 e. The first-order valence-electron chi connectivity index (χ1n) is 7.96. The van der Waals surface area contributed by atoms with Gasteiger partial charge >= 0.3 is 0 Å². The van der Waals surface area contributed by atoms with Gasteiger partial charge in [-0.2, -0.15) is 0 Å². The highest BCUT2D eigenvalue weighted by Gasteiger charge is 2.22. The summed E-state index contributed by atoms with van der Waals surface area (Å²) in [6.45, 7) is 2.40. The van der Waals surface area contributed by atoms with E-state index in [4.69, 9.17) is 14.9 Å². The van der Waals surface area contributed by atoms with Gasteiger partial charge < -0.3 is 14.9 Å². The molecule has 26 heavy (non-hydrogen) atoms. The van der Waals surface area contributed by atoms with Gasteiger partial charge in [-0.25, -0.2) is 4.98 Å². The summed E-state index contributed by atoms with van der Waals surface area (Å²) in [4.78, 5) is 15.8. The average molecular weight is 373 g/mol. The van der Waals surface area contributed by atoms with Crippen LogP contribution in [0.3, 0.4) is 0 Å². The highest BCUT2D eigenvalue weighted by Crippen LogP contribution is 2.30. The second-order valence-electron chi connectivity index (χ2n) is 5.63. The summed E-state index contributed by atoms with van der Waals surface area (Å²) >= 11 is 1.54. The van der Waals surface area contributed by atoms with Gasteiger partial charge in [0.25, 0.3) is 5.89 Å². The molecule has 0 aliphatic carbocycles. The van der Waals surface area contributed by atoms with Crippen molar-refractivity contribution >= 4 is 17.2 Å². The van der Waals surface area contributed by atoms with Gasteiger partial charge in [0, 0.05) is 17.6 Å². The summed E-state index contributed by atoms with van der Waals surface area (Å²) in [7, 11) is 1.57. The van der Waals surface area contributed by atoms with Crippen LogP contribution in [0, 0.1) is 6.92 Å². The van der Waals surface area contributed by atoms with E-state index in [1.54, 1.807) is 7.11 Å². The molecule has 136 valence electrons. The predicted molar refractivity (Wildman–Crippen MR) is 96.5 cm³/mol. The van der Waals surface area contributed by atoms with Crippen LogP contribution in [0.5, 0.6) is 5.75 Å². The molecule has 0 spiro atoms. The molecular formula is C17H19N5O3S. The number of primary amides is 1. The van der Waals surface area contributed by atoms with E-state index in [1.807, 2.05) is 36.6 Å². The van der Waals surface area contributed by atoms with E-state index in [0.29, 0.717) is 23.7 Å². The number of hydrogen-bond acceptors (Lipinski definition) is 8. The summed E-state index contributed by atoms with van der Waals surface area (Å²) in [5, 5.41) is 14.2. The van der Waals surface area contributed by atoms with Crippen LogP contribution < -0.4 is 15.8 Å². The molecule has 0 saturated heterocycles. The summed E-state index contributed by atoms with van der Waals surface area (Å²) in [6.07, 6.45) is 0.0396. The van der Waals surface area contributed by atoms with Crippen molar-refractivity contribution < 1.29 is 13.9 Å². The number of aromatic nitrogens is 3. The molecule has 1 atom stereocenters. The largest absolute Gasteiger partial charge is 0.496 e. The number of nitrogens with one attached hydrogen (secondary N) is 1. The van der Waals surface area contributed by atoms with E-state index in [1.165, 1.54) is 11.3 Å². The molecule has 9 heteroatoms. The Kier molecular flexibility index (Phi) is 5.59. The zero-order valence-corrected chi connectivity index (χ0v) is 15.2. The number of rotatable bonds is 8. The molecule has 0 bridgehead atoms. The third-order valence-electron chi connectivity index (χ3n) is 3.65. The van der Waals surface area contributed by atoms with Gasteiger partial charge in [-0.05, 0) is 19.1 Å². The first-order valence-corrected chi connectivity index (χ1v) is 8.84. The minimum Gasteiger partial charge on any atom is -0.496 e. The Labute approximate surface area is 154 Å². The number of nitrogens with zero attached hydrogens (tertiary/aromatic N) is 3. The highest BCUT2D eigenvalue weighted by atomic mass is 32.1. The van der Waals surface area contributed by atoms with Crippen LogP contribution >= 0.6 is 11.3 Å². The van der Waals surface area contributed by atoms with Gasteiger partial charge in [0.1, 0.15) is 10.8 Å². The Morgan fingerprint density at radius 3 is 2.88 bits per heavy atom. The molecule has 0 aliphatic heterocycles. The van der Waals surface area contributed by atoms with E-state index in [2.05, 4.69) is 20.5 Å². The van der Waals surface area contributed by atoms with E-state index in [9.17, 15) is 4.79 Å². The molecule has 0 saturated carbocycles. The number of benzene rings is 1. The number of hydrogen-bond donors (Lipinski definition) is 2. The Morgan fingerprint density at radius 2 is 2.19 bits per heavy atom. The number of para-hydroxylation sites is 1. The molecular weight excluding hydrogens is 354 g/mol. The van der Waals surface area contributed by atoms with Crippen molar-refractivity contribution in [3.05, 3.63) is 46.2 Å². The lowest BCUT2D eigenvalue weighted by molar-refractivity contribution is -0.118. The lowest BCUT2D eigenvalue weighted by atomic mass is 10.2. The molecule has 3 aromatic rings. The van der Waals surface area contributed by atoms with Gasteiger partial charge in [-0.1, -0.05) is 12.1 Å². The highest BCUT2D eigenvalue weighted by molar-refractivity contribution is 7.09. The van der Waals surface area contributed by atoms with Crippen molar-refractivity contribution in [2.24, 2.45) is 5.73 Å². The standard InChI is InChI=1S/C17H19N5O3S/c1-10-9-26-15(20-10)8-19-12(7-14(18)23)17-22-21-16(25-17)11-5-3-4-6-13(11)24-2/h3-6,9,12,19H,7-8H2,1-2H3,(H2,18,23)/t12-/m0/s1.